The van der Waals surface area contributed by atoms with E-state index in [1.165, 1.54) is 13.0 Å². The molecule has 1 aromatic heterocycles. The zero-order chi connectivity index (χ0) is 15.8. The molecule has 0 spiro atoms. The van der Waals surface area contributed by atoms with Crippen LogP contribution < -0.4 is 11.4 Å². The van der Waals surface area contributed by atoms with E-state index >= 15 is 0 Å². The lowest BCUT2D eigenvalue weighted by molar-refractivity contribution is -0.0802. The Morgan fingerprint density at radius 2 is 2.38 bits per heavy atom. The number of aromatic nitrogens is 2. The van der Waals surface area contributed by atoms with Crippen molar-refractivity contribution in [3.05, 3.63) is 22.7 Å². The van der Waals surface area contributed by atoms with Crippen LogP contribution in [0.15, 0.2) is 17.1 Å². The Labute approximate surface area is 124 Å². The van der Waals surface area contributed by atoms with Crippen LogP contribution >= 0.6 is 11.6 Å². The number of rotatable bonds is 2. The molecule has 0 aliphatic carbocycles. The molecule has 0 amide bonds. The summed E-state index contributed by atoms with van der Waals surface area (Å²) in [5.41, 5.74) is 1.80. The van der Waals surface area contributed by atoms with Crippen molar-refractivity contribution in [2.45, 2.75) is 37.1 Å². The number of hydrogen-bond donors (Lipinski definition) is 3. The third-order valence-corrected chi connectivity index (χ3v) is 3.30. The summed E-state index contributed by atoms with van der Waals surface area (Å²) in [5, 5.41) is 21.4. The molecule has 0 bridgehead atoms. The van der Waals surface area contributed by atoms with E-state index in [2.05, 4.69) is 4.98 Å². The molecule has 1 aliphatic heterocycles. The summed E-state index contributed by atoms with van der Waals surface area (Å²) >= 11 is 5.23. The van der Waals surface area contributed by atoms with Crippen molar-refractivity contribution in [1.82, 2.24) is 9.55 Å². The smallest absolute Gasteiger partial charge is 0.351 e. The molecule has 4 N–H and O–H groups in total. The van der Waals surface area contributed by atoms with Gasteiger partial charge in [-0.15, -0.1) is 0 Å². The maximum absolute atomic E-state index is 15.0. The van der Waals surface area contributed by atoms with Gasteiger partial charge in [-0.2, -0.15) is 4.98 Å². The minimum Gasteiger partial charge on any atom is -0.391 e. The topological polar surface area (TPSA) is 111 Å². The highest BCUT2D eigenvalue weighted by Gasteiger charge is 2.59. The maximum atomic E-state index is 15.0. The second-order valence-corrected chi connectivity index (χ2v) is 4.86. The number of ether oxygens (including phenoxy) is 1. The highest BCUT2D eigenvalue weighted by Crippen LogP contribution is 2.41. The molecule has 2 heterocycles. The summed E-state index contributed by atoms with van der Waals surface area (Å²) in [5.74, 6) is 1.94. The van der Waals surface area contributed by atoms with E-state index in [0.29, 0.717) is 0 Å². The van der Waals surface area contributed by atoms with Crippen molar-refractivity contribution in [3.8, 4) is 11.3 Å². The van der Waals surface area contributed by atoms with Crippen molar-refractivity contribution in [2.75, 3.05) is 5.73 Å². The standard InChI is InChI=1S/C12H13ClFN3O4/c1-6(18)8-9(19)12(14,3-4-13)10(21-8)17-5-2-7(15)16-11(17)20/h2,5-6,8-10,18-19H,1H3,(H2,15,16,20)/t6?,8-,9-,10-,12-/m1/s1. The maximum Gasteiger partial charge on any atom is 0.351 e. The molecule has 0 saturated carbocycles. The molecule has 0 aromatic carbocycles. The number of alkyl halides is 1. The normalized spacial score (nSPS) is 33.3. The quantitative estimate of drug-likeness (QED) is 0.627. The van der Waals surface area contributed by atoms with Gasteiger partial charge in [0.15, 0.2) is 6.23 Å². The van der Waals surface area contributed by atoms with Crippen molar-refractivity contribution in [2.24, 2.45) is 0 Å². The van der Waals surface area contributed by atoms with E-state index < -0.39 is 35.9 Å². The van der Waals surface area contributed by atoms with Gasteiger partial charge in [-0.1, -0.05) is 0 Å². The Kier molecular flexibility index (Phi) is 4.20. The average molecular weight is 318 g/mol. The largest absolute Gasteiger partial charge is 0.391 e. The van der Waals surface area contributed by atoms with Crippen molar-refractivity contribution in [3.63, 3.8) is 0 Å². The lowest BCUT2D eigenvalue weighted by Crippen LogP contribution is -2.45. The van der Waals surface area contributed by atoms with Crippen LogP contribution in [0.25, 0.3) is 0 Å². The Bertz CT molecular complexity index is 656. The van der Waals surface area contributed by atoms with Gasteiger partial charge in [0.2, 0.25) is 5.67 Å². The van der Waals surface area contributed by atoms with E-state index in [1.54, 1.807) is 0 Å². The Morgan fingerprint density at radius 1 is 1.71 bits per heavy atom. The first kappa shape index (κ1) is 15.7. The average Bonchev–Trinajstić information content (AvgIpc) is 2.64. The Balaban J connectivity index is 2.54. The van der Waals surface area contributed by atoms with Gasteiger partial charge >= 0.3 is 5.69 Å². The zero-order valence-electron chi connectivity index (χ0n) is 10.9. The summed E-state index contributed by atoms with van der Waals surface area (Å²) in [6, 6.07) is 1.27. The monoisotopic (exact) mass is 317 g/mol. The van der Waals surface area contributed by atoms with E-state index in [1.807, 2.05) is 11.3 Å². The van der Waals surface area contributed by atoms with Crippen LogP contribution in [-0.2, 0) is 4.74 Å². The highest BCUT2D eigenvalue weighted by atomic mass is 35.5. The summed E-state index contributed by atoms with van der Waals surface area (Å²) in [6.45, 7) is 1.31. The zero-order valence-corrected chi connectivity index (χ0v) is 11.7. The van der Waals surface area contributed by atoms with Crippen molar-refractivity contribution >= 4 is 17.4 Å². The molecule has 1 unspecified atom stereocenters. The molecule has 114 valence electrons. The number of nitrogen functional groups attached to an aromatic ring is 1. The second kappa shape index (κ2) is 5.61. The summed E-state index contributed by atoms with van der Waals surface area (Å²) in [4.78, 5) is 15.3. The second-order valence-electron chi connectivity index (χ2n) is 4.67. The lowest BCUT2D eigenvalue weighted by Gasteiger charge is -2.23. The molecule has 1 aromatic rings. The number of halogens is 2. The van der Waals surface area contributed by atoms with Gasteiger partial charge in [-0.3, -0.25) is 4.57 Å². The first-order valence-corrected chi connectivity index (χ1v) is 6.37. The van der Waals surface area contributed by atoms with Gasteiger partial charge in [-0.05, 0) is 30.5 Å². The minimum atomic E-state index is -2.68. The van der Waals surface area contributed by atoms with Crippen LogP contribution in [0.5, 0.6) is 0 Å². The van der Waals surface area contributed by atoms with Crippen LogP contribution in [0.1, 0.15) is 13.2 Å². The van der Waals surface area contributed by atoms with Gasteiger partial charge in [0.25, 0.3) is 0 Å². The summed E-state index contributed by atoms with van der Waals surface area (Å²) in [6.07, 6.45) is -4.70. The van der Waals surface area contributed by atoms with E-state index in [9.17, 15) is 19.4 Å². The number of nitrogens with zero attached hydrogens (tertiary/aromatic N) is 2. The molecule has 21 heavy (non-hydrogen) atoms. The SMILES string of the molecule is CC(O)[C@H]1O[C@@H](n2ccc(N)nc2=O)[C@@](F)(C#CCl)[C@@H]1O. The van der Waals surface area contributed by atoms with E-state index in [-0.39, 0.29) is 5.82 Å². The number of aliphatic hydroxyl groups is 2. The fourth-order valence-electron chi connectivity index (χ4n) is 2.17. The highest BCUT2D eigenvalue weighted by molar-refractivity contribution is 6.30. The molecule has 9 heteroatoms. The van der Waals surface area contributed by atoms with Crippen LogP contribution in [0, 0.1) is 11.3 Å². The van der Waals surface area contributed by atoms with Crippen LogP contribution in [0.2, 0.25) is 0 Å². The van der Waals surface area contributed by atoms with Crippen molar-refractivity contribution in [1.29, 1.82) is 0 Å². The minimum absolute atomic E-state index is 0.0465. The van der Waals surface area contributed by atoms with Crippen LogP contribution in [0.4, 0.5) is 10.2 Å². The molecular formula is C12H13ClFN3O4. The fourth-order valence-corrected chi connectivity index (χ4v) is 2.31. The molecule has 2 rings (SSSR count). The lowest BCUT2D eigenvalue weighted by atomic mass is 9.95. The molecule has 7 nitrogen and oxygen atoms in total. The number of nitrogens with two attached hydrogens (primary N) is 1. The predicted octanol–water partition coefficient (Wildman–Crippen LogP) is -0.627. The summed E-state index contributed by atoms with van der Waals surface area (Å²) < 4.78 is 21.0. The van der Waals surface area contributed by atoms with E-state index in [0.717, 1.165) is 10.8 Å². The molecule has 1 aliphatic rings. The third kappa shape index (κ3) is 2.61. The van der Waals surface area contributed by atoms with Gasteiger partial charge in [0.05, 0.1) is 6.10 Å². The fraction of sp³-hybridized carbons (Fsp3) is 0.500. The van der Waals surface area contributed by atoms with Gasteiger partial charge in [0.1, 0.15) is 18.0 Å². The number of aliphatic hydroxyl groups excluding tert-OH is 2. The van der Waals surface area contributed by atoms with Crippen LogP contribution in [0.3, 0.4) is 0 Å². The number of hydrogen-bond acceptors (Lipinski definition) is 6. The third-order valence-electron chi connectivity index (χ3n) is 3.21. The van der Waals surface area contributed by atoms with Gasteiger partial charge in [-0.25, -0.2) is 9.18 Å². The van der Waals surface area contributed by atoms with Gasteiger partial charge < -0.3 is 20.7 Å². The van der Waals surface area contributed by atoms with E-state index in [4.69, 9.17) is 22.1 Å². The molecule has 5 atom stereocenters. The number of anilines is 1. The van der Waals surface area contributed by atoms with Crippen LogP contribution in [-0.4, -0.2) is 43.7 Å². The van der Waals surface area contributed by atoms with Crippen molar-refractivity contribution < 1.29 is 19.3 Å². The Morgan fingerprint density at radius 3 is 2.90 bits per heavy atom. The molecule has 1 fully saturated rings. The summed E-state index contributed by atoms with van der Waals surface area (Å²) in [7, 11) is 0. The Hall–Kier alpha value is -1.66. The predicted molar refractivity (Wildman–Crippen MR) is 72.0 cm³/mol. The van der Waals surface area contributed by atoms with Gasteiger partial charge in [0, 0.05) is 11.6 Å². The first-order valence-electron chi connectivity index (χ1n) is 5.99. The first-order chi connectivity index (χ1) is 9.81. The molecule has 1 saturated heterocycles. The molecule has 0 radical (unpaired) electrons. The molecular weight excluding hydrogens is 305 g/mol.